The van der Waals surface area contributed by atoms with Gasteiger partial charge in [0.05, 0.1) is 35.7 Å². The highest BCUT2D eigenvalue weighted by atomic mass is 16.3. The van der Waals surface area contributed by atoms with Crippen molar-refractivity contribution in [2.24, 2.45) is 0 Å². The van der Waals surface area contributed by atoms with Crippen LogP contribution < -0.4 is 5.56 Å². The van der Waals surface area contributed by atoms with Gasteiger partial charge >= 0.3 is 0 Å². The summed E-state index contributed by atoms with van der Waals surface area (Å²) in [5.41, 5.74) is 3.79. The van der Waals surface area contributed by atoms with Gasteiger partial charge in [0.25, 0.3) is 5.56 Å². The zero-order chi connectivity index (χ0) is 16.4. The van der Waals surface area contributed by atoms with E-state index in [2.05, 4.69) is 20.2 Å². The summed E-state index contributed by atoms with van der Waals surface area (Å²) in [5, 5.41) is 16.1. The predicted molar refractivity (Wildman–Crippen MR) is 85.2 cm³/mol. The van der Waals surface area contributed by atoms with Gasteiger partial charge in [-0.3, -0.25) is 4.79 Å². The molecule has 3 rings (SSSR count). The van der Waals surface area contributed by atoms with Crippen LogP contribution in [0.2, 0.25) is 0 Å². The van der Waals surface area contributed by atoms with E-state index in [-0.39, 0.29) is 12.2 Å². The maximum absolute atomic E-state index is 11.6. The van der Waals surface area contributed by atoms with E-state index in [1.54, 1.807) is 12.4 Å². The van der Waals surface area contributed by atoms with Gasteiger partial charge in [-0.25, -0.2) is 15.1 Å². The number of pyridine rings is 1. The van der Waals surface area contributed by atoms with E-state index in [9.17, 15) is 9.90 Å². The molecular weight excluding hydrogens is 294 g/mol. The predicted octanol–water partition coefficient (Wildman–Crippen LogP) is 1.38. The molecule has 0 amide bonds. The molecule has 2 N–H and O–H groups in total. The lowest BCUT2D eigenvalue weighted by Gasteiger charge is -2.09. The molecule has 0 aromatic carbocycles. The molecule has 0 saturated carbocycles. The third-order valence-electron chi connectivity index (χ3n) is 3.61. The molecule has 0 atom stereocenters. The summed E-state index contributed by atoms with van der Waals surface area (Å²) in [6.45, 7) is 3.60. The number of rotatable bonds is 4. The van der Waals surface area contributed by atoms with Gasteiger partial charge in [-0.2, -0.15) is 5.10 Å². The molecule has 3 aromatic heterocycles. The number of nitrogens with zero attached hydrogens (tertiary/aromatic N) is 4. The van der Waals surface area contributed by atoms with Crippen LogP contribution in [-0.4, -0.2) is 29.8 Å². The van der Waals surface area contributed by atoms with Gasteiger partial charge in [0.2, 0.25) is 0 Å². The minimum atomic E-state index is -0.204. The van der Waals surface area contributed by atoms with Crippen LogP contribution in [0.5, 0.6) is 0 Å². The van der Waals surface area contributed by atoms with Gasteiger partial charge in [-0.15, -0.1) is 0 Å². The SMILES string of the molecule is CCc1cc(-c2ccc(-n3cnc(C)c3)c(CO)n2)n[nH]c1=O. The summed E-state index contributed by atoms with van der Waals surface area (Å²) >= 11 is 0. The average Bonchev–Trinajstić information content (AvgIpc) is 3.01. The number of imidazole rings is 1. The Kier molecular flexibility index (Phi) is 4.03. The first kappa shape index (κ1) is 15.1. The third-order valence-corrected chi connectivity index (χ3v) is 3.61. The Balaban J connectivity index is 2.07. The number of aliphatic hydroxyl groups is 1. The maximum Gasteiger partial charge on any atom is 0.267 e. The van der Waals surface area contributed by atoms with Crippen LogP contribution in [0.1, 0.15) is 23.9 Å². The van der Waals surface area contributed by atoms with Gasteiger partial charge in [0, 0.05) is 11.8 Å². The summed E-state index contributed by atoms with van der Waals surface area (Å²) in [6.07, 6.45) is 4.16. The first-order valence-corrected chi connectivity index (χ1v) is 7.33. The summed E-state index contributed by atoms with van der Waals surface area (Å²) in [4.78, 5) is 20.3. The van der Waals surface area contributed by atoms with E-state index in [4.69, 9.17) is 0 Å². The molecule has 0 spiro atoms. The molecule has 3 aromatic rings. The Morgan fingerprint density at radius 2 is 2.13 bits per heavy atom. The van der Waals surface area contributed by atoms with Gasteiger partial charge in [0.1, 0.15) is 5.69 Å². The monoisotopic (exact) mass is 311 g/mol. The zero-order valence-electron chi connectivity index (χ0n) is 12.9. The Labute approximate surface area is 132 Å². The smallest absolute Gasteiger partial charge is 0.267 e. The van der Waals surface area contributed by atoms with Crippen molar-refractivity contribution in [2.45, 2.75) is 26.9 Å². The van der Waals surface area contributed by atoms with Crippen LogP contribution >= 0.6 is 0 Å². The Morgan fingerprint density at radius 3 is 2.78 bits per heavy atom. The lowest BCUT2D eigenvalue weighted by atomic mass is 10.1. The van der Waals surface area contributed by atoms with Gasteiger partial charge in [0.15, 0.2) is 0 Å². The standard InChI is InChI=1S/C16H17N5O2/c1-3-11-6-13(19-20-16(11)23)12-4-5-15(14(8-22)18-12)21-7-10(2)17-9-21/h4-7,9,22H,3,8H2,1-2H3,(H,20,23). The summed E-state index contributed by atoms with van der Waals surface area (Å²) in [6, 6.07) is 5.39. The Bertz CT molecular complexity index is 897. The second-order valence-corrected chi connectivity index (χ2v) is 5.20. The van der Waals surface area contributed by atoms with Crippen LogP contribution in [0.4, 0.5) is 0 Å². The Morgan fingerprint density at radius 1 is 1.30 bits per heavy atom. The zero-order valence-corrected chi connectivity index (χ0v) is 12.9. The number of aliphatic hydroxyl groups excluding tert-OH is 1. The molecule has 0 aliphatic heterocycles. The van der Waals surface area contributed by atoms with E-state index < -0.39 is 0 Å². The fourth-order valence-corrected chi connectivity index (χ4v) is 2.38. The van der Waals surface area contributed by atoms with E-state index in [1.807, 2.05) is 36.7 Å². The van der Waals surface area contributed by atoms with Crippen LogP contribution in [-0.2, 0) is 13.0 Å². The number of H-pyrrole nitrogens is 1. The number of nitrogens with one attached hydrogen (secondary N) is 1. The molecule has 0 saturated heterocycles. The average molecular weight is 311 g/mol. The highest BCUT2D eigenvalue weighted by Gasteiger charge is 2.11. The fourth-order valence-electron chi connectivity index (χ4n) is 2.38. The van der Waals surface area contributed by atoms with E-state index >= 15 is 0 Å². The van der Waals surface area contributed by atoms with Crippen LogP contribution in [0, 0.1) is 6.92 Å². The molecule has 118 valence electrons. The minimum Gasteiger partial charge on any atom is -0.390 e. The second-order valence-electron chi connectivity index (χ2n) is 5.20. The topological polar surface area (TPSA) is 96.7 Å². The van der Waals surface area contributed by atoms with Crippen molar-refractivity contribution in [2.75, 3.05) is 0 Å². The molecular formula is C16H17N5O2. The highest BCUT2D eigenvalue weighted by Crippen LogP contribution is 2.20. The number of hydrogen-bond acceptors (Lipinski definition) is 5. The van der Waals surface area contributed by atoms with Gasteiger partial charge < -0.3 is 9.67 Å². The Hall–Kier alpha value is -2.80. The van der Waals surface area contributed by atoms with E-state index in [0.29, 0.717) is 29.1 Å². The normalized spacial score (nSPS) is 10.9. The van der Waals surface area contributed by atoms with Crippen molar-refractivity contribution in [3.05, 3.63) is 58.0 Å². The van der Waals surface area contributed by atoms with Gasteiger partial charge in [-0.05, 0) is 31.5 Å². The molecule has 7 nitrogen and oxygen atoms in total. The molecule has 0 aliphatic rings. The van der Waals surface area contributed by atoms with Crippen molar-refractivity contribution >= 4 is 0 Å². The lowest BCUT2D eigenvalue weighted by Crippen LogP contribution is -2.14. The molecule has 0 radical (unpaired) electrons. The molecule has 7 heteroatoms. The lowest BCUT2D eigenvalue weighted by molar-refractivity contribution is 0.276. The van der Waals surface area contributed by atoms with Crippen molar-refractivity contribution < 1.29 is 5.11 Å². The summed E-state index contributed by atoms with van der Waals surface area (Å²) in [5.74, 6) is 0. The molecule has 0 aliphatic carbocycles. The van der Waals surface area contributed by atoms with Gasteiger partial charge in [-0.1, -0.05) is 6.92 Å². The van der Waals surface area contributed by atoms with Crippen molar-refractivity contribution in [1.82, 2.24) is 24.7 Å². The number of aromatic amines is 1. The fraction of sp³-hybridized carbons (Fsp3) is 0.250. The number of aromatic nitrogens is 5. The van der Waals surface area contributed by atoms with E-state index in [1.165, 1.54) is 0 Å². The third kappa shape index (κ3) is 2.91. The number of aryl methyl sites for hydroxylation is 2. The molecule has 0 bridgehead atoms. The highest BCUT2D eigenvalue weighted by molar-refractivity contribution is 5.57. The van der Waals surface area contributed by atoms with Crippen molar-refractivity contribution in [3.8, 4) is 17.1 Å². The molecule has 0 fully saturated rings. The van der Waals surface area contributed by atoms with Crippen LogP contribution in [0.25, 0.3) is 17.1 Å². The first-order chi connectivity index (χ1) is 11.1. The quantitative estimate of drug-likeness (QED) is 0.759. The van der Waals surface area contributed by atoms with E-state index in [0.717, 1.165) is 11.4 Å². The van der Waals surface area contributed by atoms with Crippen LogP contribution in [0.3, 0.4) is 0 Å². The van der Waals surface area contributed by atoms with Crippen molar-refractivity contribution in [3.63, 3.8) is 0 Å². The summed E-state index contributed by atoms with van der Waals surface area (Å²) in [7, 11) is 0. The minimum absolute atomic E-state index is 0.191. The number of hydrogen-bond donors (Lipinski definition) is 2. The molecule has 3 heterocycles. The van der Waals surface area contributed by atoms with Crippen molar-refractivity contribution in [1.29, 1.82) is 0 Å². The molecule has 0 unspecified atom stereocenters. The summed E-state index contributed by atoms with van der Waals surface area (Å²) < 4.78 is 1.81. The molecule has 23 heavy (non-hydrogen) atoms. The largest absolute Gasteiger partial charge is 0.390 e. The second kappa shape index (κ2) is 6.13. The first-order valence-electron chi connectivity index (χ1n) is 7.33. The van der Waals surface area contributed by atoms with Crippen LogP contribution in [0.15, 0.2) is 35.5 Å². The maximum atomic E-state index is 11.6.